The molecule has 0 bridgehead atoms. The maximum atomic E-state index is 5.76. The number of aryl methyl sites for hydroxylation is 1. The van der Waals surface area contributed by atoms with Crippen LogP contribution >= 0.6 is 0 Å². The molecule has 3 heteroatoms. The molecule has 0 saturated carbocycles. The second-order valence-corrected chi connectivity index (χ2v) is 4.57. The van der Waals surface area contributed by atoms with Crippen molar-refractivity contribution in [1.82, 2.24) is 5.16 Å². The van der Waals surface area contributed by atoms with Crippen LogP contribution in [0.2, 0.25) is 0 Å². The van der Waals surface area contributed by atoms with Gasteiger partial charge in [-0.25, -0.2) is 0 Å². The molecule has 0 amide bonds. The van der Waals surface area contributed by atoms with E-state index in [4.69, 9.17) is 10.3 Å². The van der Waals surface area contributed by atoms with Gasteiger partial charge < -0.3 is 10.3 Å². The van der Waals surface area contributed by atoms with Gasteiger partial charge in [0.2, 0.25) is 0 Å². The Morgan fingerprint density at radius 3 is 2.80 bits per heavy atom. The summed E-state index contributed by atoms with van der Waals surface area (Å²) in [7, 11) is 0. The van der Waals surface area contributed by atoms with Gasteiger partial charge in [0, 0.05) is 17.3 Å². The third kappa shape index (κ3) is 1.63. The summed E-state index contributed by atoms with van der Waals surface area (Å²) in [5.41, 5.74) is 8.75. The zero-order chi connectivity index (χ0) is 11.1. The van der Waals surface area contributed by atoms with Gasteiger partial charge in [0.25, 0.3) is 0 Å². The van der Waals surface area contributed by atoms with Crippen LogP contribution in [0.15, 0.2) is 22.7 Å². The van der Waals surface area contributed by atoms with Crippen LogP contribution in [0, 0.1) is 6.92 Å². The topological polar surface area (TPSA) is 52.0 Å². The van der Waals surface area contributed by atoms with Crippen LogP contribution in [0.4, 0.5) is 0 Å². The van der Waals surface area contributed by atoms with Crippen molar-refractivity contribution in [3.05, 3.63) is 29.5 Å². The van der Waals surface area contributed by atoms with Gasteiger partial charge in [-0.2, -0.15) is 0 Å². The first-order valence-corrected chi connectivity index (χ1v) is 5.11. The van der Waals surface area contributed by atoms with Crippen LogP contribution in [0.1, 0.15) is 25.1 Å². The Labute approximate surface area is 89.2 Å². The van der Waals surface area contributed by atoms with Crippen molar-refractivity contribution in [3.8, 4) is 0 Å². The molecule has 1 aromatic carbocycles. The van der Waals surface area contributed by atoms with Crippen LogP contribution < -0.4 is 5.73 Å². The molecule has 2 rings (SSSR count). The summed E-state index contributed by atoms with van der Waals surface area (Å²) in [6, 6.07) is 6.13. The molecule has 0 atom stereocenters. The number of nitrogens with zero attached hydrogens (tertiary/aromatic N) is 1. The van der Waals surface area contributed by atoms with Gasteiger partial charge in [0.05, 0.1) is 5.69 Å². The van der Waals surface area contributed by atoms with E-state index < -0.39 is 0 Å². The Bertz CT molecular complexity index is 485. The average Bonchev–Trinajstić information content (AvgIpc) is 2.60. The maximum Gasteiger partial charge on any atom is 0.167 e. The van der Waals surface area contributed by atoms with E-state index in [-0.39, 0.29) is 5.41 Å². The summed E-state index contributed by atoms with van der Waals surface area (Å²) in [6.07, 6.45) is 0. The van der Waals surface area contributed by atoms with Crippen molar-refractivity contribution in [2.75, 3.05) is 6.54 Å². The lowest BCUT2D eigenvalue weighted by Gasteiger charge is -2.22. The van der Waals surface area contributed by atoms with Crippen molar-refractivity contribution >= 4 is 11.0 Å². The van der Waals surface area contributed by atoms with Gasteiger partial charge in [-0.3, -0.25) is 0 Å². The number of benzene rings is 1. The fourth-order valence-electron chi connectivity index (χ4n) is 1.60. The number of fused-ring (bicyclic) bond motifs is 1. The van der Waals surface area contributed by atoms with Crippen LogP contribution in [-0.2, 0) is 5.41 Å². The van der Waals surface area contributed by atoms with E-state index >= 15 is 0 Å². The van der Waals surface area contributed by atoms with Gasteiger partial charge in [-0.05, 0) is 24.6 Å². The third-order valence-electron chi connectivity index (χ3n) is 2.94. The third-order valence-corrected chi connectivity index (χ3v) is 2.94. The molecule has 1 aromatic heterocycles. The van der Waals surface area contributed by atoms with Gasteiger partial charge in [-0.15, -0.1) is 0 Å². The summed E-state index contributed by atoms with van der Waals surface area (Å²) in [5.74, 6) is 0. The quantitative estimate of drug-likeness (QED) is 0.817. The van der Waals surface area contributed by atoms with Gasteiger partial charge in [0.1, 0.15) is 0 Å². The fourth-order valence-corrected chi connectivity index (χ4v) is 1.60. The zero-order valence-corrected chi connectivity index (χ0v) is 9.37. The molecule has 0 fully saturated rings. The number of hydrogen-bond acceptors (Lipinski definition) is 3. The second-order valence-electron chi connectivity index (χ2n) is 4.57. The molecule has 0 saturated heterocycles. The maximum absolute atomic E-state index is 5.76. The van der Waals surface area contributed by atoms with Crippen molar-refractivity contribution < 1.29 is 4.52 Å². The molecule has 80 valence electrons. The first-order chi connectivity index (χ1) is 7.04. The Morgan fingerprint density at radius 2 is 2.13 bits per heavy atom. The molecule has 2 N–H and O–H groups in total. The number of aromatic nitrogens is 1. The summed E-state index contributed by atoms with van der Waals surface area (Å²) >= 11 is 0. The van der Waals surface area contributed by atoms with Crippen molar-refractivity contribution in [2.45, 2.75) is 26.2 Å². The smallest absolute Gasteiger partial charge is 0.167 e. The molecular formula is C12H16N2O. The van der Waals surface area contributed by atoms with E-state index in [1.54, 1.807) is 0 Å². The highest BCUT2D eigenvalue weighted by Crippen LogP contribution is 2.27. The minimum atomic E-state index is -0.00208. The SMILES string of the molecule is Cc1noc2ccc(C(C)(C)CN)cc12. The molecule has 0 radical (unpaired) electrons. The molecule has 15 heavy (non-hydrogen) atoms. The minimum absolute atomic E-state index is 0.00208. The molecule has 3 nitrogen and oxygen atoms in total. The van der Waals surface area contributed by atoms with Gasteiger partial charge in [-0.1, -0.05) is 25.1 Å². The molecule has 0 unspecified atom stereocenters. The van der Waals surface area contributed by atoms with E-state index in [1.165, 1.54) is 5.56 Å². The average molecular weight is 204 g/mol. The van der Waals surface area contributed by atoms with Crippen LogP contribution in [-0.4, -0.2) is 11.7 Å². The highest BCUT2D eigenvalue weighted by molar-refractivity contribution is 5.80. The Hall–Kier alpha value is -1.35. The first-order valence-electron chi connectivity index (χ1n) is 5.11. The van der Waals surface area contributed by atoms with E-state index in [0.717, 1.165) is 16.7 Å². The summed E-state index contributed by atoms with van der Waals surface area (Å²) in [6.45, 7) is 6.85. The minimum Gasteiger partial charge on any atom is -0.356 e. The van der Waals surface area contributed by atoms with Crippen molar-refractivity contribution in [1.29, 1.82) is 0 Å². The number of rotatable bonds is 2. The lowest BCUT2D eigenvalue weighted by molar-refractivity contribution is 0.450. The van der Waals surface area contributed by atoms with Crippen LogP contribution in [0.25, 0.3) is 11.0 Å². The Balaban J connectivity index is 2.59. The zero-order valence-electron chi connectivity index (χ0n) is 9.37. The van der Waals surface area contributed by atoms with E-state index in [1.807, 2.05) is 13.0 Å². The molecule has 0 aliphatic carbocycles. The molecule has 0 spiro atoms. The van der Waals surface area contributed by atoms with Crippen LogP contribution in [0.3, 0.4) is 0 Å². The fraction of sp³-hybridized carbons (Fsp3) is 0.417. The Kier molecular flexibility index (Phi) is 2.27. The molecule has 0 aliphatic heterocycles. The normalized spacial score (nSPS) is 12.3. The summed E-state index contributed by atoms with van der Waals surface area (Å²) < 4.78 is 5.17. The van der Waals surface area contributed by atoms with Gasteiger partial charge in [0.15, 0.2) is 5.58 Å². The molecule has 2 aromatic rings. The summed E-state index contributed by atoms with van der Waals surface area (Å²) in [4.78, 5) is 0. The standard InChI is InChI=1S/C12H16N2O/c1-8-10-6-9(12(2,3)7-13)4-5-11(10)15-14-8/h4-6H,7,13H2,1-3H3. The van der Waals surface area contributed by atoms with Crippen LogP contribution in [0.5, 0.6) is 0 Å². The monoisotopic (exact) mass is 204 g/mol. The van der Waals surface area contributed by atoms with E-state index in [2.05, 4.69) is 31.1 Å². The molecule has 1 heterocycles. The highest BCUT2D eigenvalue weighted by Gasteiger charge is 2.19. The molecular weight excluding hydrogens is 188 g/mol. The van der Waals surface area contributed by atoms with E-state index in [0.29, 0.717) is 6.54 Å². The largest absolute Gasteiger partial charge is 0.356 e. The van der Waals surface area contributed by atoms with Gasteiger partial charge >= 0.3 is 0 Å². The predicted molar refractivity (Wildman–Crippen MR) is 60.8 cm³/mol. The number of hydrogen-bond donors (Lipinski definition) is 1. The number of nitrogens with two attached hydrogens (primary N) is 1. The predicted octanol–water partition coefficient (Wildman–Crippen LogP) is 2.37. The first kappa shape index (κ1) is 10.2. The second kappa shape index (κ2) is 3.35. The lowest BCUT2D eigenvalue weighted by atomic mass is 9.84. The lowest BCUT2D eigenvalue weighted by Crippen LogP contribution is -2.27. The van der Waals surface area contributed by atoms with E-state index in [9.17, 15) is 0 Å². The highest BCUT2D eigenvalue weighted by atomic mass is 16.5. The summed E-state index contributed by atoms with van der Waals surface area (Å²) in [5, 5.41) is 5.02. The Morgan fingerprint density at radius 1 is 1.40 bits per heavy atom. The molecule has 0 aliphatic rings. The van der Waals surface area contributed by atoms with Crippen molar-refractivity contribution in [2.24, 2.45) is 5.73 Å². The van der Waals surface area contributed by atoms with Crippen molar-refractivity contribution in [3.63, 3.8) is 0 Å².